The second-order valence-electron chi connectivity index (χ2n) is 5.72. The lowest BCUT2D eigenvalue weighted by molar-refractivity contribution is -0.384. The molecule has 1 atom stereocenters. The zero-order chi connectivity index (χ0) is 19.0. The summed E-state index contributed by atoms with van der Waals surface area (Å²) in [7, 11) is 0. The number of carbonyl (C=O) groups is 2. The van der Waals surface area contributed by atoms with Crippen molar-refractivity contribution in [3.8, 4) is 11.8 Å². The Morgan fingerprint density at radius 2 is 1.92 bits per heavy atom. The minimum atomic E-state index is -1.06. The van der Waals surface area contributed by atoms with Crippen molar-refractivity contribution in [1.82, 2.24) is 5.32 Å². The van der Waals surface area contributed by atoms with Crippen LogP contribution in [0.4, 0.5) is 5.69 Å². The maximum atomic E-state index is 11.8. The van der Waals surface area contributed by atoms with Gasteiger partial charge in [-0.3, -0.25) is 14.9 Å². The Balaban J connectivity index is 2.41. The summed E-state index contributed by atoms with van der Waals surface area (Å²) >= 11 is 0. The molecule has 0 bridgehead atoms. The van der Waals surface area contributed by atoms with Crippen LogP contribution in [0.3, 0.4) is 0 Å². The molecule has 134 valence electrons. The number of rotatable bonds is 8. The van der Waals surface area contributed by atoms with E-state index in [9.17, 15) is 19.7 Å². The van der Waals surface area contributed by atoms with E-state index in [4.69, 9.17) is 14.7 Å². The fraction of sp³-hybridized carbons (Fsp3) is 0.438. The first kappa shape index (κ1) is 19.9. The fourth-order valence-corrected chi connectivity index (χ4v) is 1.62. The van der Waals surface area contributed by atoms with Gasteiger partial charge < -0.3 is 14.8 Å². The van der Waals surface area contributed by atoms with Crippen LogP contribution in [0.15, 0.2) is 24.3 Å². The van der Waals surface area contributed by atoms with Gasteiger partial charge >= 0.3 is 5.97 Å². The van der Waals surface area contributed by atoms with Crippen LogP contribution in [0.1, 0.15) is 20.8 Å². The maximum Gasteiger partial charge on any atom is 0.344 e. The normalized spacial score (nSPS) is 12.6. The van der Waals surface area contributed by atoms with Gasteiger partial charge in [-0.2, -0.15) is 5.26 Å². The van der Waals surface area contributed by atoms with Crippen LogP contribution in [-0.4, -0.2) is 35.6 Å². The van der Waals surface area contributed by atoms with Crippen LogP contribution in [-0.2, 0) is 14.3 Å². The number of nitrogens with zero attached hydrogens (tertiary/aromatic N) is 2. The Morgan fingerprint density at radius 1 is 1.32 bits per heavy atom. The van der Waals surface area contributed by atoms with E-state index in [1.165, 1.54) is 24.3 Å². The fourth-order valence-electron chi connectivity index (χ4n) is 1.62. The summed E-state index contributed by atoms with van der Waals surface area (Å²) < 4.78 is 9.88. The molecule has 0 heterocycles. The van der Waals surface area contributed by atoms with Crippen LogP contribution in [0.25, 0.3) is 0 Å². The predicted octanol–water partition coefficient (Wildman–Crippen LogP) is 1.57. The van der Waals surface area contributed by atoms with E-state index >= 15 is 0 Å². The van der Waals surface area contributed by atoms with Crippen LogP contribution < -0.4 is 10.1 Å². The molecule has 0 unspecified atom stereocenters. The Bertz CT molecular complexity index is 680. The van der Waals surface area contributed by atoms with Crippen molar-refractivity contribution in [3.63, 3.8) is 0 Å². The Kier molecular flexibility index (Phi) is 6.87. The molecule has 0 aliphatic carbocycles. The minimum absolute atomic E-state index is 0.0997. The summed E-state index contributed by atoms with van der Waals surface area (Å²) in [6.07, 6.45) is 0. The maximum absolute atomic E-state index is 11.8. The average molecular weight is 349 g/mol. The van der Waals surface area contributed by atoms with Gasteiger partial charge in [0.2, 0.25) is 0 Å². The van der Waals surface area contributed by atoms with Crippen molar-refractivity contribution in [2.75, 3.05) is 13.2 Å². The van der Waals surface area contributed by atoms with E-state index < -0.39 is 35.6 Å². The highest BCUT2D eigenvalue weighted by molar-refractivity contribution is 5.81. The standard InChI is InChI=1S/C16H19N3O6/c1-11(2)16(3,10-17)18-14(20)8-25-15(21)9-24-13-6-4-12(5-7-13)19(22)23/h4-7,11H,8-9H2,1-3H3,(H,18,20)/t16-/m0/s1. The van der Waals surface area contributed by atoms with E-state index in [-0.39, 0.29) is 17.4 Å². The quantitative estimate of drug-likeness (QED) is 0.428. The number of non-ortho nitro benzene ring substituents is 1. The monoisotopic (exact) mass is 349 g/mol. The van der Waals surface area contributed by atoms with Crippen molar-refractivity contribution in [3.05, 3.63) is 34.4 Å². The zero-order valence-corrected chi connectivity index (χ0v) is 14.1. The average Bonchev–Trinajstić information content (AvgIpc) is 2.58. The molecule has 0 aliphatic heterocycles. The molecule has 1 aromatic carbocycles. The minimum Gasteiger partial charge on any atom is -0.482 e. The topological polar surface area (TPSA) is 132 Å². The van der Waals surface area contributed by atoms with Gasteiger partial charge in [-0.1, -0.05) is 13.8 Å². The third-order valence-corrected chi connectivity index (χ3v) is 3.55. The number of hydrogen-bond acceptors (Lipinski definition) is 7. The number of nitrogens with one attached hydrogen (secondary N) is 1. The van der Waals surface area contributed by atoms with Gasteiger partial charge in [-0.25, -0.2) is 4.79 Å². The molecule has 0 spiro atoms. The van der Waals surface area contributed by atoms with Crippen molar-refractivity contribution in [2.45, 2.75) is 26.3 Å². The summed E-state index contributed by atoms with van der Waals surface area (Å²) in [5.41, 5.74) is -1.16. The molecular weight excluding hydrogens is 330 g/mol. The van der Waals surface area contributed by atoms with Gasteiger partial charge in [0.25, 0.3) is 11.6 Å². The first-order chi connectivity index (χ1) is 11.7. The summed E-state index contributed by atoms with van der Waals surface area (Å²) in [5, 5.41) is 22.1. The van der Waals surface area contributed by atoms with Crippen LogP contribution in [0.5, 0.6) is 5.75 Å². The Hall–Kier alpha value is -3.15. The van der Waals surface area contributed by atoms with Gasteiger partial charge in [-0.15, -0.1) is 0 Å². The second-order valence-corrected chi connectivity index (χ2v) is 5.72. The summed E-state index contributed by atoms with van der Waals surface area (Å²) in [6, 6.07) is 7.18. The first-order valence-corrected chi connectivity index (χ1v) is 7.43. The molecule has 9 nitrogen and oxygen atoms in total. The third kappa shape index (κ3) is 6.10. The van der Waals surface area contributed by atoms with E-state index in [0.29, 0.717) is 0 Å². The number of amides is 1. The van der Waals surface area contributed by atoms with Crippen molar-refractivity contribution in [2.24, 2.45) is 5.92 Å². The number of carbonyl (C=O) groups excluding carboxylic acids is 2. The molecule has 1 N–H and O–H groups in total. The second kappa shape index (κ2) is 8.63. The van der Waals surface area contributed by atoms with Crippen molar-refractivity contribution in [1.29, 1.82) is 5.26 Å². The zero-order valence-electron chi connectivity index (χ0n) is 14.1. The predicted molar refractivity (Wildman–Crippen MR) is 86.5 cm³/mol. The number of nitro groups is 1. The van der Waals surface area contributed by atoms with Gasteiger partial charge in [0, 0.05) is 12.1 Å². The molecule has 0 saturated heterocycles. The van der Waals surface area contributed by atoms with Gasteiger partial charge in [-0.05, 0) is 25.0 Å². The lowest BCUT2D eigenvalue weighted by atomic mass is 9.90. The molecule has 1 rings (SSSR count). The number of benzene rings is 1. The third-order valence-electron chi connectivity index (χ3n) is 3.55. The summed E-state index contributed by atoms with van der Waals surface area (Å²) in [6.45, 7) is 4.16. The molecule has 0 fully saturated rings. The van der Waals surface area contributed by atoms with Gasteiger partial charge in [0.15, 0.2) is 13.2 Å². The number of nitro benzene ring substituents is 1. The Labute approximate surface area is 144 Å². The Morgan fingerprint density at radius 3 is 2.40 bits per heavy atom. The molecule has 25 heavy (non-hydrogen) atoms. The van der Waals surface area contributed by atoms with Gasteiger partial charge in [0.1, 0.15) is 11.3 Å². The number of nitriles is 1. The van der Waals surface area contributed by atoms with Gasteiger partial charge in [0.05, 0.1) is 11.0 Å². The largest absolute Gasteiger partial charge is 0.482 e. The molecule has 9 heteroatoms. The molecule has 1 amide bonds. The number of esters is 1. The highest BCUT2D eigenvalue weighted by Gasteiger charge is 2.30. The number of ether oxygens (including phenoxy) is 2. The van der Waals surface area contributed by atoms with Crippen molar-refractivity contribution < 1.29 is 24.0 Å². The van der Waals surface area contributed by atoms with Crippen LogP contribution >= 0.6 is 0 Å². The van der Waals surface area contributed by atoms with Crippen molar-refractivity contribution >= 4 is 17.6 Å². The SMILES string of the molecule is CC(C)[C@](C)(C#N)NC(=O)COC(=O)COc1ccc([N+](=O)[O-])cc1. The van der Waals surface area contributed by atoms with E-state index in [1.807, 2.05) is 6.07 Å². The number of hydrogen-bond donors (Lipinski definition) is 1. The lowest BCUT2D eigenvalue weighted by Crippen LogP contribution is -2.50. The highest BCUT2D eigenvalue weighted by Crippen LogP contribution is 2.17. The van der Waals surface area contributed by atoms with Crippen LogP contribution in [0.2, 0.25) is 0 Å². The smallest absolute Gasteiger partial charge is 0.344 e. The molecule has 0 radical (unpaired) electrons. The molecule has 0 aliphatic rings. The highest BCUT2D eigenvalue weighted by atomic mass is 16.6. The molecular formula is C16H19N3O6. The summed E-state index contributed by atoms with van der Waals surface area (Å²) in [5.74, 6) is -1.25. The summed E-state index contributed by atoms with van der Waals surface area (Å²) in [4.78, 5) is 33.3. The van der Waals surface area contributed by atoms with E-state index in [0.717, 1.165) is 0 Å². The van der Waals surface area contributed by atoms with E-state index in [2.05, 4.69) is 5.32 Å². The lowest BCUT2D eigenvalue weighted by Gasteiger charge is -2.27. The molecule has 0 saturated carbocycles. The van der Waals surface area contributed by atoms with E-state index in [1.54, 1.807) is 20.8 Å². The molecule has 1 aromatic rings. The first-order valence-electron chi connectivity index (χ1n) is 7.43. The van der Waals surface area contributed by atoms with Crippen LogP contribution in [0, 0.1) is 27.4 Å². The molecule has 0 aromatic heterocycles.